The Morgan fingerprint density at radius 3 is 2.23 bits per heavy atom. The van der Waals surface area contributed by atoms with Crippen LogP contribution in [-0.2, 0) is 0 Å². The van der Waals surface area contributed by atoms with Gasteiger partial charge in [0.2, 0.25) is 0 Å². The van der Waals surface area contributed by atoms with Crippen molar-refractivity contribution in [2.24, 2.45) is 0 Å². The molecule has 0 fully saturated rings. The van der Waals surface area contributed by atoms with Crippen LogP contribution in [0.15, 0.2) is 97.1 Å². The van der Waals surface area contributed by atoms with Crippen molar-refractivity contribution in [1.29, 1.82) is 0 Å². The van der Waals surface area contributed by atoms with Crippen molar-refractivity contribution in [2.75, 3.05) is 6.66 Å². The summed E-state index contributed by atoms with van der Waals surface area (Å²) in [5.41, 5.74) is 7.74. The lowest BCUT2D eigenvalue weighted by Crippen LogP contribution is -2.06. The topological polar surface area (TPSA) is 0 Å². The van der Waals surface area contributed by atoms with Crippen molar-refractivity contribution in [3.8, 4) is 11.1 Å². The van der Waals surface area contributed by atoms with Crippen LogP contribution in [0.5, 0.6) is 0 Å². The first kappa shape index (κ1) is 20.3. The van der Waals surface area contributed by atoms with E-state index in [9.17, 15) is 0 Å². The van der Waals surface area contributed by atoms with E-state index < -0.39 is 0 Å². The highest BCUT2D eigenvalue weighted by atomic mass is 31.1. The number of hydrogen-bond donors (Lipinski definition) is 0. The summed E-state index contributed by atoms with van der Waals surface area (Å²) in [4.78, 5) is 0. The van der Waals surface area contributed by atoms with Gasteiger partial charge >= 0.3 is 0 Å². The summed E-state index contributed by atoms with van der Waals surface area (Å²) in [5.74, 6) is 0. The van der Waals surface area contributed by atoms with Crippen LogP contribution in [0, 0.1) is 0 Å². The number of allylic oxidation sites excluding steroid dienone is 2. The summed E-state index contributed by atoms with van der Waals surface area (Å²) in [5, 5.41) is 3.98. The van der Waals surface area contributed by atoms with Crippen LogP contribution in [0.1, 0.15) is 30.5 Å². The SMILES string of the molecule is C/C=C\c1c(/C(=C/C)c2cc(-c3ccccc3)ccc2PC)ccc2ccccc12. The van der Waals surface area contributed by atoms with Gasteiger partial charge in [-0.05, 0) is 76.0 Å². The van der Waals surface area contributed by atoms with Crippen molar-refractivity contribution in [2.45, 2.75) is 13.8 Å². The molecule has 148 valence electrons. The maximum atomic E-state index is 2.37. The summed E-state index contributed by atoms with van der Waals surface area (Å²) >= 11 is 0. The Hall–Kier alpha value is -2.95. The zero-order chi connectivity index (χ0) is 20.9. The van der Waals surface area contributed by atoms with Crippen molar-refractivity contribution in [3.05, 3.63) is 114 Å². The van der Waals surface area contributed by atoms with Crippen LogP contribution in [-0.4, -0.2) is 6.66 Å². The summed E-state index contributed by atoms with van der Waals surface area (Å²) in [6.45, 7) is 6.51. The second kappa shape index (κ2) is 9.24. The highest BCUT2D eigenvalue weighted by Crippen LogP contribution is 2.34. The maximum absolute atomic E-state index is 2.37. The summed E-state index contributed by atoms with van der Waals surface area (Å²) < 4.78 is 0. The van der Waals surface area contributed by atoms with E-state index in [-0.39, 0.29) is 0 Å². The van der Waals surface area contributed by atoms with Gasteiger partial charge in [0.1, 0.15) is 0 Å². The lowest BCUT2D eigenvalue weighted by atomic mass is 9.89. The van der Waals surface area contributed by atoms with E-state index in [1.165, 1.54) is 49.5 Å². The molecule has 0 radical (unpaired) electrons. The smallest absolute Gasteiger partial charge is 0.0101 e. The van der Waals surface area contributed by atoms with Crippen LogP contribution in [0.2, 0.25) is 0 Å². The Kier molecular flexibility index (Phi) is 6.26. The van der Waals surface area contributed by atoms with Gasteiger partial charge in [0, 0.05) is 0 Å². The van der Waals surface area contributed by atoms with E-state index in [2.05, 4.69) is 124 Å². The summed E-state index contributed by atoms with van der Waals surface area (Å²) in [6.07, 6.45) is 6.66. The second-order valence-electron chi connectivity index (χ2n) is 7.33. The fourth-order valence-electron chi connectivity index (χ4n) is 4.13. The molecule has 0 N–H and O–H groups in total. The molecule has 0 saturated heterocycles. The minimum Gasteiger partial charge on any atom is -0.0929 e. The van der Waals surface area contributed by atoms with Crippen LogP contribution in [0.25, 0.3) is 33.5 Å². The first-order valence-electron chi connectivity index (χ1n) is 10.5. The first-order valence-corrected chi connectivity index (χ1v) is 12.0. The molecule has 0 bridgehead atoms. The Balaban J connectivity index is 1.95. The first-order chi connectivity index (χ1) is 14.8. The fraction of sp³-hybridized carbons (Fsp3) is 0.103. The highest BCUT2D eigenvalue weighted by Gasteiger charge is 2.15. The van der Waals surface area contributed by atoms with Gasteiger partial charge in [0.15, 0.2) is 0 Å². The minimum atomic E-state index is 0.744. The molecule has 4 aromatic carbocycles. The lowest BCUT2D eigenvalue weighted by molar-refractivity contribution is 1.54. The third-order valence-electron chi connectivity index (χ3n) is 5.57. The van der Waals surface area contributed by atoms with Crippen molar-refractivity contribution in [3.63, 3.8) is 0 Å². The maximum Gasteiger partial charge on any atom is -0.0101 e. The molecule has 0 aliphatic carbocycles. The largest absolute Gasteiger partial charge is 0.0929 e. The van der Waals surface area contributed by atoms with Crippen LogP contribution < -0.4 is 5.30 Å². The Bertz CT molecular complexity index is 1230. The molecule has 0 heterocycles. The highest BCUT2D eigenvalue weighted by molar-refractivity contribution is 7.46. The third kappa shape index (κ3) is 3.89. The molecule has 4 rings (SSSR count). The molecule has 0 spiro atoms. The van der Waals surface area contributed by atoms with Gasteiger partial charge in [-0.1, -0.05) is 106 Å². The minimum absolute atomic E-state index is 0.744. The van der Waals surface area contributed by atoms with Crippen LogP contribution >= 0.6 is 8.58 Å². The molecular weight excluding hydrogens is 379 g/mol. The molecule has 0 amide bonds. The molecule has 0 aliphatic heterocycles. The van der Waals surface area contributed by atoms with Crippen LogP contribution in [0.3, 0.4) is 0 Å². The average molecular weight is 407 g/mol. The molecule has 0 aliphatic rings. The van der Waals surface area contributed by atoms with Gasteiger partial charge in [-0.3, -0.25) is 0 Å². The van der Waals surface area contributed by atoms with Gasteiger partial charge in [0.25, 0.3) is 0 Å². The third-order valence-corrected chi connectivity index (χ3v) is 6.54. The number of hydrogen-bond acceptors (Lipinski definition) is 0. The van der Waals surface area contributed by atoms with Gasteiger partial charge in [-0.15, -0.1) is 0 Å². The quantitative estimate of drug-likeness (QED) is 0.295. The number of rotatable bonds is 5. The molecule has 0 aromatic heterocycles. The summed E-state index contributed by atoms with van der Waals surface area (Å²) in [7, 11) is 0.744. The Morgan fingerprint density at radius 2 is 1.50 bits per heavy atom. The van der Waals surface area contributed by atoms with E-state index in [0.29, 0.717) is 0 Å². The standard InChI is InChI=1S/C29H27P/c1-4-11-26-25-15-10-9-14-22(25)16-18-27(26)24(5-2)28-20-23(17-19-29(28)30-3)21-12-7-6-8-13-21/h4-20,30H,1-3H3/b11-4-,24-5-. The zero-order valence-corrected chi connectivity index (χ0v) is 18.8. The van der Waals surface area contributed by atoms with Crippen LogP contribution in [0.4, 0.5) is 0 Å². The molecular formula is C29H27P. The zero-order valence-electron chi connectivity index (χ0n) is 17.8. The van der Waals surface area contributed by atoms with E-state index >= 15 is 0 Å². The molecule has 0 saturated carbocycles. The van der Waals surface area contributed by atoms with E-state index in [0.717, 1.165) is 8.58 Å². The predicted octanol–water partition coefficient (Wildman–Crippen LogP) is 7.93. The number of fused-ring (bicyclic) bond motifs is 1. The van der Waals surface area contributed by atoms with E-state index in [4.69, 9.17) is 0 Å². The van der Waals surface area contributed by atoms with Crippen molar-refractivity contribution < 1.29 is 0 Å². The van der Waals surface area contributed by atoms with Gasteiger partial charge in [-0.2, -0.15) is 0 Å². The number of benzene rings is 4. The Labute approximate surface area is 181 Å². The molecule has 30 heavy (non-hydrogen) atoms. The molecule has 4 aromatic rings. The Morgan fingerprint density at radius 1 is 0.733 bits per heavy atom. The normalized spacial score (nSPS) is 12.4. The summed E-state index contributed by atoms with van der Waals surface area (Å²) in [6, 6.07) is 30.8. The van der Waals surface area contributed by atoms with E-state index in [1.807, 2.05) is 0 Å². The second-order valence-corrected chi connectivity index (χ2v) is 8.37. The van der Waals surface area contributed by atoms with Gasteiger partial charge < -0.3 is 0 Å². The average Bonchev–Trinajstić information content (AvgIpc) is 2.81. The monoisotopic (exact) mass is 406 g/mol. The molecule has 1 unspecified atom stereocenters. The van der Waals surface area contributed by atoms with E-state index in [1.54, 1.807) is 0 Å². The lowest BCUT2D eigenvalue weighted by Gasteiger charge is -2.18. The fourth-order valence-corrected chi connectivity index (χ4v) is 4.85. The predicted molar refractivity (Wildman–Crippen MR) is 137 cm³/mol. The van der Waals surface area contributed by atoms with Crippen molar-refractivity contribution >= 4 is 36.3 Å². The van der Waals surface area contributed by atoms with Gasteiger partial charge in [-0.25, -0.2) is 0 Å². The molecule has 0 nitrogen and oxygen atoms in total. The van der Waals surface area contributed by atoms with Crippen molar-refractivity contribution in [1.82, 2.24) is 0 Å². The van der Waals surface area contributed by atoms with Gasteiger partial charge in [0.05, 0.1) is 0 Å². The molecule has 1 heteroatoms. The molecule has 1 atom stereocenters.